The van der Waals surface area contributed by atoms with E-state index in [0.29, 0.717) is 18.3 Å². The van der Waals surface area contributed by atoms with Crippen LogP contribution in [-0.2, 0) is 32.7 Å². The van der Waals surface area contributed by atoms with Gasteiger partial charge in [0.15, 0.2) is 11.6 Å². The van der Waals surface area contributed by atoms with Crippen LogP contribution < -0.4 is 4.74 Å². The van der Waals surface area contributed by atoms with E-state index in [1.54, 1.807) is 6.07 Å². The van der Waals surface area contributed by atoms with Crippen LogP contribution in [0, 0.1) is 18.7 Å². The first-order valence-electron chi connectivity index (χ1n) is 9.25. The molecule has 0 N–H and O–H groups in total. The molecular weight excluding hydrogens is 378 g/mol. The molecule has 0 bridgehead atoms. The number of ether oxygens (including phenoxy) is 1. The Morgan fingerprint density at radius 1 is 1.08 bits per heavy atom. The van der Waals surface area contributed by atoms with E-state index in [1.807, 2.05) is 13.0 Å². The fourth-order valence-corrected chi connectivity index (χ4v) is 3.95. The molecule has 1 aliphatic rings. The van der Waals surface area contributed by atoms with Crippen LogP contribution in [-0.4, -0.2) is 37.3 Å². The maximum Gasteiger partial charge on any atom is 0.165 e. The summed E-state index contributed by atoms with van der Waals surface area (Å²) in [6.45, 7) is 11.8. The molecule has 24 heavy (non-hydrogen) atoms. The Hall–Kier alpha value is 0.0139. The van der Waals surface area contributed by atoms with E-state index in [1.165, 1.54) is 57.8 Å². The number of hydrogen-bond donors (Lipinski definition) is 0. The molecule has 1 aliphatic heterocycles. The van der Waals surface area contributed by atoms with E-state index < -0.39 is 0 Å². The molecule has 133 valence electrons. The average molecular weight is 411 g/mol. The zero-order chi connectivity index (χ0) is 16.7. The van der Waals surface area contributed by atoms with E-state index in [4.69, 9.17) is 4.74 Å². The smallest absolute Gasteiger partial charge is 0.165 e. The number of rotatable bonds is 6. The Balaban J connectivity index is 0.00000288. The van der Waals surface area contributed by atoms with Gasteiger partial charge >= 0.3 is 0 Å². The Morgan fingerprint density at radius 3 is 2.29 bits per heavy atom. The van der Waals surface area contributed by atoms with Gasteiger partial charge in [-0.25, -0.2) is 4.39 Å². The summed E-state index contributed by atoms with van der Waals surface area (Å²) in [4.78, 5) is 0. The van der Waals surface area contributed by atoms with E-state index >= 15 is 0 Å². The molecule has 0 amide bonds. The second-order valence-electron chi connectivity index (χ2n) is 7.59. The van der Waals surface area contributed by atoms with Gasteiger partial charge in [0.1, 0.15) is 13.2 Å². The van der Waals surface area contributed by atoms with Gasteiger partial charge in [0.25, 0.3) is 0 Å². The third-order valence-corrected chi connectivity index (χ3v) is 4.99. The number of quaternary nitrogens is 1. The normalized spacial score (nSPS) is 17.7. The molecule has 1 radical (unpaired) electrons. The molecule has 4 heteroatoms. The van der Waals surface area contributed by atoms with Gasteiger partial charge in [0.05, 0.1) is 19.6 Å². The topological polar surface area (TPSA) is 9.23 Å². The van der Waals surface area contributed by atoms with Crippen molar-refractivity contribution in [2.75, 3.05) is 32.8 Å². The molecule has 0 spiro atoms. The van der Waals surface area contributed by atoms with Gasteiger partial charge < -0.3 is 9.22 Å². The average Bonchev–Trinajstić information content (AvgIpc) is 2.45. The largest absolute Gasteiger partial charge is 0.484 e. The Labute approximate surface area is 172 Å². The summed E-state index contributed by atoms with van der Waals surface area (Å²) < 4.78 is 20.9. The Kier molecular flexibility index (Phi) is 10.0. The SMILES string of the molecule is Cc1cccc(F)c1OCC[N+]1(CC(C)C)CCCCCCC1.[Y]. The van der Waals surface area contributed by atoms with E-state index in [2.05, 4.69) is 13.8 Å². The molecule has 0 aliphatic carbocycles. The first-order valence-corrected chi connectivity index (χ1v) is 9.25. The Bertz CT molecular complexity index is 464. The molecule has 1 aromatic carbocycles. The molecule has 0 aromatic heterocycles. The third kappa shape index (κ3) is 6.73. The van der Waals surface area contributed by atoms with Crippen molar-refractivity contribution in [3.05, 3.63) is 29.6 Å². The van der Waals surface area contributed by atoms with Crippen LogP contribution in [0.3, 0.4) is 0 Å². The minimum Gasteiger partial charge on any atom is -0.484 e. The van der Waals surface area contributed by atoms with Crippen LogP contribution >= 0.6 is 0 Å². The zero-order valence-electron chi connectivity index (χ0n) is 15.7. The standard InChI is InChI=1S/C20H33FNO.Y/c1-17(2)16-22(12-7-5-4-6-8-13-22)14-15-23-20-18(3)10-9-11-19(20)21;/h9-11,17H,4-8,12-16H2,1-3H3;/q+1;. The summed E-state index contributed by atoms with van der Waals surface area (Å²) >= 11 is 0. The van der Waals surface area contributed by atoms with Crippen molar-refractivity contribution in [2.45, 2.75) is 52.9 Å². The Morgan fingerprint density at radius 2 is 1.71 bits per heavy atom. The molecule has 1 fully saturated rings. The van der Waals surface area contributed by atoms with Crippen molar-refractivity contribution in [1.29, 1.82) is 0 Å². The zero-order valence-corrected chi connectivity index (χ0v) is 18.5. The summed E-state index contributed by atoms with van der Waals surface area (Å²) in [7, 11) is 0. The number of benzene rings is 1. The summed E-state index contributed by atoms with van der Waals surface area (Å²) in [5.41, 5.74) is 0.882. The monoisotopic (exact) mass is 411 g/mol. The van der Waals surface area contributed by atoms with Gasteiger partial charge in [0, 0.05) is 38.6 Å². The number of nitrogens with zero attached hydrogens (tertiary/aromatic N) is 1. The van der Waals surface area contributed by atoms with Gasteiger partial charge in [-0.2, -0.15) is 0 Å². The minimum atomic E-state index is -0.243. The van der Waals surface area contributed by atoms with Crippen molar-refractivity contribution < 1.29 is 46.3 Å². The number of hydrogen-bond acceptors (Lipinski definition) is 1. The molecular formula is C20H33FNOY+. The van der Waals surface area contributed by atoms with Crippen LogP contribution in [0.4, 0.5) is 4.39 Å². The molecule has 0 unspecified atom stereocenters. The quantitative estimate of drug-likeness (QED) is 0.602. The van der Waals surface area contributed by atoms with Crippen LogP contribution in [0.15, 0.2) is 18.2 Å². The summed E-state index contributed by atoms with van der Waals surface area (Å²) in [5.74, 6) is 0.875. The van der Waals surface area contributed by atoms with Crippen LogP contribution in [0.1, 0.15) is 51.5 Å². The fourth-order valence-electron chi connectivity index (χ4n) is 3.95. The molecule has 0 saturated carbocycles. The second kappa shape index (κ2) is 10.9. The summed E-state index contributed by atoms with van der Waals surface area (Å²) in [6, 6.07) is 5.13. The molecule has 1 heterocycles. The number of halogens is 1. The van der Waals surface area contributed by atoms with Crippen molar-refractivity contribution in [1.82, 2.24) is 0 Å². The number of aryl methyl sites for hydroxylation is 1. The maximum atomic E-state index is 13.9. The van der Waals surface area contributed by atoms with Gasteiger partial charge in [-0.15, -0.1) is 0 Å². The van der Waals surface area contributed by atoms with Crippen molar-refractivity contribution in [3.8, 4) is 5.75 Å². The van der Waals surface area contributed by atoms with Gasteiger partial charge in [-0.3, -0.25) is 0 Å². The van der Waals surface area contributed by atoms with E-state index in [0.717, 1.165) is 16.6 Å². The molecule has 1 saturated heterocycles. The van der Waals surface area contributed by atoms with Crippen molar-refractivity contribution in [3.63, 3.8) is 0 Å². The number of likely N-dealkylation sites (tertiary alicyclic amines) is 1. The number of para-hydroxylation sites is 1. The van der Waals surface area contributed by atoms with E-state index in [-0.39, 0.29) is 38.5 Å². The summed E-state index contributed by atoms with van der Waals surface area (Å²) in [5, 5.41) is 0. The summed E-state index contributed by atoms with van der Waals surface area (Å²) in [6.07, 6.45) is 6.71. The molecule has 1 aromatic rings. The first-order chi connectivity index (χ1) is 11.0. The van der Waals surface area contributed by atoms with Crippen molar-refractivity contribution in [2.24, 2.45) is 5.92 Å². The molecule has 2 nitrogen and oxygen atoms in total. The minimum absolute atomic E-state index is 0. The molecule has 0 atom stereocenters. The maximum absolute atomic E-state index is 13.9. The molecule has 2 rings (SSSR count). The first kappa shape index (κ1) is 22.1. The van der Waals surface area contributed by atoms with Crippen LogP contribution in [0.25, 0.3) is 0 Å². The predicted octanol–water partition coefficient (Wildman–Crippen LogP) is 4.95. The van der Waals surface area contributed by atoms with E-state index in [9.17, 15) is 4.39 Å². The van der Waals surface area contributed by atoms with Crippen molar-refractivity contribution >= 4 is 0 Å². The van der Waals surface area contributed by atoms with Crippen LogP contribution in [0.2, 0.25) is 0 Å². The van der Waals surface area contributed by atoms with Gasteiger partial charge in [-0.05, 0) is 44.2 Å². The third-order valence-electron chi connectivity index (χ3n) is 4.99. The van der Waals surface area contributed by atoms with Gasteiger partial charge in [-0.1, -0.05) is 32.4 Å². The predicted molar refractivity (Wildman–Crippen MR) is 94.3 cm³/mol. The van der Waals surface area contributed by atoms with Gasteiger partial charge in [0.2, 0.25) is 0 Å². The fraction of sp³-hybridized carbons (Fsp3) is 0.700. The second-order valence-corrected chi connectivity index (χ2v) is 7.59. The van der Waals surface area contributed by atoms with Crippen LogP contribution in [0.5, 0.6) is 5.75 Å².